The van der Waals surface area contributed by atoms with Gasteiger partial charge in [0.25, 0.3) is 5.91 Å². The van der Waals surface area contributed by atoms with Gasteiger partial charge in [-0.15, -0.1) is 0 Å². The SMILES string of the molecule is CC(C)c1ncncc1C(=O)N1C[C@H](c2ccc(F)cc2)C[C@@H]1C. The maximum Gasteiger partial charge on any atom is 0.257 e. The lowest BCUT2D eigenvalue weighted by Gasteiger charge is -2.23. The minimum atomic E-state index is -0.235. The highest BCUT2D eigenvalue weighted by molar-refractivity contribution is 5.95. The fourth-order valence-corrected chi connectivity index (χ4v) is 3.41. The van der Waals surface area contributed by atoms with Gasteiger partial charge in [0.15, 0.2) is 0 Å². The van der Waals surface area contributed by atoms with Gasteiger partial charge in [0, 0.05) is 24.7 Å². The standard InChI is InChI=1S/C19H22FN3O/c1-12(2)18-17(9-21-11-22-18)19(24)23-10-15(8-13(23)3)14-4-6-16(20)7-5-14/h4-7,9,11-13,15H,8,10H2,1-3H3/t13-,15+/m0/s1. The second-order valence-electron chi connectivity index (χ2n) is 6.77. The number of benzene rings is 1. The Morgan fingerprint density at radius 2 is 2.00 bits per heavy atom. The van der Waals surface area contributed by atoms with E-state index >= 15 is 0 Å². The van der Waals surface area contributed by atoms with Crippen molar-refractivity contribution in [1.29, 1.82) is 0 Å². The van der Waals surface area contributed by atoms with Crippen molar-refractivity contribution in [3.05, 3.63) is 59.4 Å². The molecule has 1 amide bonds. The van der Waals surface area contributed by atoms with Gasteiger partial charge < -0.3 is 4.90 Å². The van der Waals surface area contributed by atoms with Crippen molar-refractivity contribution in [1.82, 2.24) is 14.9 Å². The number of hydrogen-bond donors (Lipinski definition) is 0. The molecule has 1 aromatic carbocycles. The van der Waals surface area contributed by atoms with Crippen LogP contribution in [-0.4, -0.2) is 33.4 Å². The van der Waals surface area contributed by atoms with Gasteiger partial charge >= 0.3 is 0 Å². The van der Waals surface area contributed by atoms with Crippen molar-refractivity contribution in [2.45, 2.75) is 45.1 Å². The zero-order valence-electron chi connectivity index (χ0n) is 14.2. The number of halogens is 1. The zero-order valence-corrected chi connectivity index (χ0v) is 14.2. The Balaban J connectivity index is 1.83. The molecule has 0 bridgehead atoms. The van der Waals surface area contributed by atoms with E-state index in [9.17, 15) is 9.18 Å². The minimum absolute atomic E-state index is 0.0172. The summed E-state index contributed by atoms with van der Waals surface area (Å²) in [5.74, 6) is 0.145. The Kier molecular flexibility index (Phi) is 4.60. The summed E-state index contributed by atoms with van der Waals surface area (Å²) in [5.41, 5.74) is 2.44. The van der Waals surface area contributed by atoms with E-state index in [0.29, 0.717) is 12.1 Å². The molecular weight excluding hydrogens is 305 g/mol. The zero-order chi connectivity index (χ0) is 17.3. The van der Waals surface area contributed by atoms with E-state index in [1.807, 2.05) is 30.9 Å². The third-order valence-corrected chi connectivity index (χ3v) is 4.70. The largest absolute Gasteiger partial charge is 0.335 e. The lowest BCUT2D eigenvalue weighted by molar-refractivity contribution is 0.0743. The fraction of sp³-hybridized carbons (Fsp3) is 0.421. The molecule has 5 heteroatoms. The first-order chi connectivity index (χ1) is 11.5. The van der Waals surface area contributed by atoms with E-state index in [1.54, 1.807) is 6.20 Å². The topological polar surface area (TPSA) is 46.1 Å². The van der Waals surface area contributed by atoms with Gasteiger partial charge in [0.05, 0.1) is 11.3 Å². The first-order valence-corrected chi connectivity index (χ1v) is 8.33. The summed E-state index contributed by atoms with van der Waals surface area (Å²) in [6.45, 7) is 6.74. The summed E-state index contributed by atoms with van der Waals surface area (Å²) in [7, 11) is 0. The van der Waals surface area contributed by atoms with Gasteiger partial charge in [0.2, 0.25) is 0 Å². The summed E-state index contributed by atoms with van der Waals surface area (Å²) in [5, 5.41) is 0. The lowest BCUT2D eigenvalue weighted by atomic mass is 9.97. The van der Waals surface area contributed by atoms with Crippen LogP contribution in [0.15, 0.2) is 36.8 Å². The Hall–Kier alpha value is -2.30. The first kappa shape index (κ1) is 16.6. The number of amides is 1. The average Bonchev–Trinajstić information content (AvgIpc) is 2.96. The number of hydrogen-bond acceptors (Lipinski definition) is 3. The summed E-state index contributed by atoms with van der Waals surface area (Å²) in [4.78, 5) is 23.2. The maximum absolute atomic E-state index is 13.1. The molecule has 2 aromatic rings. The number of rotatable bonds is 3. The molecule has 0 N–H and O–H groups in total. The third-order valence-electron chi connectivity index (χ3n) is 4.70. The van der Waals surface area contributed by atoms with Gasteiger partial charge in [-0.25, -0.2) is 14.4 Å². The van der Waals surface area contributed by atoms with Gasteiger partial charge in [-0.05, 0) is 37.0 Å². The summed E-state index contributed by atoms with van der Waals surface area (Å²) < 4.78 is 13.1. The molecule has 4 nitrogen and oxygen atoms in total. The van der Waals surface area contributed by atoms with Crippen LogP contribution in [0.25, 0.3) is 0 Å². The van der Waals surface area contributed by atoms with E-state index in [-0.39, 0.29) is 29.6 Å². The highest BCUT2D eigenvalue weighted by Gasteiger charge is 2.34. The molecule has 2 atom stereocenters. The molecular formula is C19H22FN3O. The molecule has 0 saturated carbocycles. The molecule has 3 rings (SSSR count). The van der Waals surface area contributed by atoms with Crippen LogP contribution >= 0.6 is 0 Å². The van der Waals surface area contributed by atoms with E-state index in [4.69, 9.17) is 0 Å². The highest BCUT2D eigenvalue weighted by atomic mass is 19.1. The summed E-state index contributed by atoms with van der Waals surface area (Å²) in [6, 6.07) is 6.71. The normalized spacial score (nSPS) is 20.6. The Labute approximate surface area is 141 Å². The van der Waals surface area contributed by atoms with Gasteiger partial charge in [-0.1, -0.05) is 26.0 Å². The monoisotopic (exact) mass is 327 g/mol. The molecule has 0 unspecified atom stereocenters. The third kappa shape index (κ3) is 3.16. The van der Waals surface area contributed by atoms with Crippen LogP contribution in [-0.2, 0) is 0 Å². The Morgan fingerprint density at radius 3 is 2.67 bits per heavy atom. The Bertz CT molecular complexity index is 730. The van der Waals surface area contributed by atoms with Crippen molar-refractivity contribution in [3.63, 3.8) is 0 Å². The molecule has 1 aromatic heterocycles. The van der Waals surface area contributed by atoms with Gasteiger partial charge in [-0.2, -0.15) is 0 Å². The predicted molar refractivity (Wildman–Crippen MR) is 90.4 cm³/mol. The molecule has 1 fully saturated rings. The predicted octanol–water partition coefficient (Wildman–Crippen LogP) is 3.76. The minimum Gasteiger partial charge on any atom is -0.335 e. The summed E-state index contributed by atoms with van der Waals surface area (Å²) >= 11 is 0. The van der Waals surface area contributed by atoms with Gasteiger partial charge in [-0.3, -0.25) is 4.79 Å². The fourth-order valence-electron chi connectivity index (χ4n) is 3.41. The molecule has 126 valence electrons. The van der Waals surface area contributed by atoms with Crippen LogP contribution in [0.5, 0.6) is 0 Å². The smallest absolute Gasteiger partial charge is 0.257 e. The number of likely N-dealkylation sites (tertiary alicyclic amines) is 1. The molecule has 1 aliphatic rings. The van der Waals surface area contributed by atoms with Crippen molar-refractivity contribution >= 4 is 5.91 Å². The van der Waals surface area contributed by atoms with Crippen LogP contribution in [0.2, 0.25) is 0 Å². The molecule has 0 spiro atoms. The lowest BCUT2D eigenvalue weighted by Crippen LogP contribution is -2.35. The molecule has 0 aliphatic carbocycles. The van der Waals surface area contributed by atoms with E-state index in [0.717, 1.165) is 17.7 Å². The molecule has 2 heterocycles. The van der Waals surface area contributed by atoms with Crippen molar-refractivity contribution in [3.8, 4) is 0 Å². The van der Waals surface area contributed by atoms with Crippen LogP contribution in [0.3, 0.4) is 0 Å². The molecule has 0 radical (unpaired) electrons. The quantitative estimate of drug-likeness (QED) is 0.862. The van der Waals surface area contributed by atoms with Crippen molar-refractivity contribution < 1.29 is 9.18 Å². The number of aromatic nitrogens is 2. The maximum atomic E-state index is 13.1. The first-order valence-electron chi connectivity index (χ1n) is 8.33. The highest BCUT2D eigenvalue weighted by Crippen LogP contribution is 2.33. The van der Waals surface area contributed by atoms with Crippen LogP contribution in [0.4, 0.5) is 4.39 Å². The second kappa shape index (κ2) is 6.67. The van der Waals surface area contributed by atoms with Crippen molar-refractivity contribution in [2.75, 3.05) is 6.54 Å². The molecule has 24 heavy (non-hydrogen) atoms. The molecule has 1 aliphatic heterocycles. The van der Waals surface area contributed by atoms with Crippen LogP contribution in [0, 0.1) is 5.82 Å². The van der Waals surface area contributed by atoms with Crippen LogP contribution in [0.1, 0.15) is 60.6 Å². The summed E-state index contributed by atoms with van der Waals surface area (Å²) in [6.07, 6.45) is 3.98. The van der Waals surface area contributed by atoms with Crippen molar-refractivity contribution in [2.24, 2.45) is 0 Å². The number of carbonyl (C=O) groups is 1. The average molecular weight is 327 g/mol. The number of carbonyl (C=O) groups excluding carboxylic acids is 1. The Morgan fingerprint density at radius 1 is 1.29 bits per heavy atom. The van der Waals surface area contributed by atoms with Gasteiger partial charge in [0.1, 0.15) is 12.1 Å². The van der Waals surface area contributed by atoms with Crippen LogP contribution < -0.4 is 0 Å². The number of nitrogens with zero attached hydrogens (tertiary/aromatic N) is 3. The second-order valence-corrected chi connectivity index (χ2v) is 6.77. The van der Waals surface area contributed by atoms with E-state index in [1.165, 1.54) is 18.5 Å². The van der Waals surface area contributed by atoms with E-state index < -0.39 is 0 Å². The molecule has 1 saturated heterocycles. The van der Waals surface area contributed by atoms with E-state index in [2.05, 4.69) is 16.9 Å².